The van der Waals surface area contributed by atoms with Gasteiger partial charge in [-0.3, -0.25) is 14.4 Å². The number of rotatable bonds is 6. The SMILES string of the molecule is CCC(=O)N(C(=O)C1=C(C(=O)OC)CCCC1)c1c(F)sc(CC(=O)OC)c1Cl. The number of amides is 2. The Morgan fingerprint density at radius 2 is 1.72 bits per heavy atom. The molecule has 0 aliphatic heterocycles. The molecule has 158 valence electrons. The van der Waals surface area contributed by atoms with E-state index >= 15 is 0 Å². The largest absolute Gasteiger partial charge is 0.469 e. The Morgan fingerprint density at radius 1 is 1.10 bits per heavy atom. The van der Waals surface area contributed by atoms with E-state index in [0.717, 1.165) is 0 Å². The van der Waals surface area contributed by atoms with E-state index in [1.165, 1.54) is 21.1 Å². The maximum atomic E-state index is 14.7. The molecule has 0 aromatic carbocycles. The molecule has 1 aliphatic carbocycles. The second-order valence-corrected chi connectivity index (χ2v) is 7.69. The normalized spacial score (nSPS) is 13.8. The smallest absolute Gasteiger partial charge is 0.334 e. The van der Waals surface area contributed by atoms with Gasteiger partial charge in [-0.05, 0) is 25.7 Å². The molecular formula is C19H21ClFNO6S. The second-order valence-electron chi connectivity index (χ2n) is 6.26. The number of methoxy groups -OCH3 is 2. The number of imide groups is 1. The predicted molar refractivity (Wildman–Crippen MR) is 105 cm³/mol. The summed E-state index contributed by atoms with van der Waals surface area (Å²) >= 11 is 6.81. The van der Waals surface area contributed by atoms with Crippen LogP contribution in [0.5, 0.6) is 0 Å². The van der Waals surface area contributed by atoms with Crippen LogP contribution in [-0.2, 0) is 35.1 Å². The van der Waals surface area contributed by atoms with E-state index in [1.807, 2.05) is 0 Å². The molecule has 0 atom stereocenters. The number of hydrogen-bond acceptors (Lipinski definition) is 7. The molecule has 0 bridgehead atoms. The Bertz CT molecular complexity index is 878. The molecule has 0 radical (unpaired) electrons. The summed E-state index contributed by atoms with van der Waals surface area (Å²) in [5.41, 5.74) is -0.116. The standard InChI is InChI=1S/C19H21ClFNO6S/c1-4-13(23)22(16-15(20)12(29-17(16)21)9-14(24)27-2)18(25)10-7-5-6-8-11(10)19(26)28-3/h4-9H2,1-3H3. The van der Waals surface area contributed by atoms with Gasteiger partial charge < -0.3 is 9.47 Å². The molecule has 0 saturated carbocycles. The molecule has 0 spiro atoms. The number of halogens is 2. The highest BCUT2D eigenvalue weighted by atomic mass is 35.5. The first-order valence-corrected chi connectivity index (χ1v) is 10.2. The van der Waals surface area contributed by atoms with Crippen molar-refractivity contribution >= 4 is 52.4 Å². The number of ether oxygens (including phenoxy) is 2. The Kier molecular flexibility index (Phi) is 7.92. The molecule has 0 saturated heterocycles. The van der Waals surface area contributed by atoms with Crippen molar-refractivity contribution in [3.8, 4) is 0 Å². The van der Waals surface area contributed by atoms with Crippen molar-refractivity contribution in [2.75, 3.05) is 19.1 Å². The van der Waals surface area contributed by atoms with Gasteiger partial charge in [0.05, 0.1) is 25.7 Å². The highest BCUT2D eigenvalue weighted by molar-refractivity contribution is 7.11. The first kappa shape index (κ1) is 23.0. The molecule has 1 heterocycles. The minimum Gasteiger partial charge on any atom is -0.469 e. The summed E-state index contributed by atoms with van der Waals surface area (Å²) in [6.07, 6.45) is 1.54. The van der Waals surface area contributed by atoms with Crippen LogP contribution in [0.3, 0.4) is 0 Å². The number of thiophene rings is 1. The number of carbonyl (C=O) groups is 4. The fraction of sp³-hybridized carbons (Fsp3) is 0.474. The van der Waals surface area contributed by atoms with Crippen LogP contribution in [-0.4, -0.2) is 38.0 Å². The highest BCUT2D eigenvalue weighted by Crippen LogP contribution is 2.41. The van der Waals surface area contributed by atoms with Crippen LogP contribution < -0.4 is 4.90 Å². The van der Waals surface area contributed by atoms with E-state index in [0.29, 0.717) is 35.5 Å². The third kappa shape index (κ3) is 4.84. The molecule has 10 heteroatoms. The van der Waals surface area contributed by atoms with Gasteiger partial charge in [0.2, 0.25) is 11.0 Å². The van der Waals surface area contributed by atoms with Gasteiger partial charge in [0, 0.05) is 22.4 Å². The molecule has 0 fully saturated rings. The number of hydrogen-bond donors (Lipinski definition) is 0. The van der Waals surface area contributed by atoms with E-state index in [-0.39, 0.29) is 40.3 Å². The van der Waals surface area contributed by atoms with Gasteiger partial charge in [0.25, 0.3) is 5.91 Å². The quantitative estimate of drug-likeness (QED) is 0.622. The summed E-state index contributed by atoms with van der Waals surface area (Å²) in [5.74, 6) is -2.77. The summed E-state index contributed by atoms with van der Waals surface area (Å²) in [6.45, 7) is 1.52. The number of esters is 2. The Morgan fingerprint density at radius 3 is 2.28 bits per heavy atom. The van der Waals surface area contributed by atoms with Gasteiger partial charge in [-0.1, -0.05) is 18.5 Å². The van der Waals surface area contributed by atoms with Gasteiger partial charge in [-0.25, -0.2) is 9.69 Å². The Labute approximate surface area is 176 Å². The lowest BCUT2D eigenvalue weighted by atomic mass is 9.90. The Balaban J connectivity index is 2.57. The topological polar surface area (TPSA) is 90.0 Å². The molecule has 0 unspecified atom stereocenters. The van der Waals surface area contributed by atoms with Gasteiger partial charge in [-0.15, -0.1) is 11.3 Å². The van der Waals surface area contributed by atoms with Crippen LogP contribution in [0.25, 0.3) is 0 Å². The number of nitrogens with zero attached hydrogens (tertiary/aromatic N) is 1. The van der Waals surface area contributed by atoms with Crippen LogP contribution in [0, 0.1) is 5.13 Å². The predicted octanol–water partition coefficient (Wildman–Crippen LogP) is 3.57. The molecule has 1 aromatic heterocycles. The van der Waals surface area contributed by atoms with Crippen LogP contribution >= 0.6 is 22.9 Å². The second kappa shape index (κ2) is 9.98. The highest BCUT2D eigenvalue weighted by Gasteiger charge is 2.35. The molecule has 29 heavy (non-hydrogen) atoms. The molecule has 0 N–H and O–H groups in total. The zero-order valence-electron chi connectivity index (χ0n) is 16.3. The average molecular weight is 446 g/mol. The third-order valence-corrected chi connectivity index (χ3v) is 6.01. The zero-order valence-corrected chi connectivity index (χ0v) is 17.9. The van der Waals surface area contributed by atoms with Crippen molar-refractivity contribution in [1.82, 2.24) is 0 Å². The van der Waals surface area contributed by atoms with E-state index in [9.17, 15) is 23.6 Å². The zero-order chi connectivity index (χ0) is 21.7. The van der Waals surface area contributed by atoms with Gasteiger partial charge in [0.1, 0.15) is 5.69 Å². The van der Waals surface area contributed by atoms with Crippen molar-refractivity contribution < 1.29 is 33.0 Å². The van der Waals surface area contributed by atoms with Gasteiger partial charge in [0.15, 0.2) is 0 Å². The van der Waals surface area contributed by atoms with Gasteiger partial charge >= 0.3 is 11.9 Å². The first-order chi connectivity index (χ1) is 13.8. The van der Waals surface area contributed by atoms with Crippen LogP contribution in [0.2, 0.25) is 5.02 Å². The number of anilines is 1. The van der Waals surface area contributed by atoms with Crippen molar-refractivity contribution in [3.05, 3.63) is 26.2 Å². The summed E-state index contributed by atoms with van der Waals surface area (Å²) in [7, 11) is 2.39. The lowest BCUT2D eigenvalue weighted by molar-refractivity contribution is -0.139. The van der Waals surface area contributed by atoms with Crippen molar-refractivity contribution in [2.24, 2.45) is 0 Å². The van der Waals surface area contributed by atoms with E-state index in [4.69, 9.17) is 16.3 Å². The fourth-order valence-corrected chi connectivity index (χ4v) is 4.33. The maximum Gasteiger partial charge on any atom is 0.334 e. The van der Waals surface area contributed by atoms with Crippen LogP contribution in [0.4, 0.5) is 10.1 Å². The summed E-state index contributed by atoms with van der Waals surface area (Å²) in [6, 6.07) is 0. The van der Waals surface area contributed by atoms with E-state index < -0.39 is 34.6 Å². The van der Waals surface area contributed by atoms with Gasteiger partial charge in [-0.2, -0.15) is 4.39 Å². The van der Waals surface area contributed by atoms with E-state index in [1.54, 1.807) is 0 Å². The first-order valence-electron chi connectivity index (χ1n) is 8.97. The third-order valence-electron chi connectivity index (χ3n) is 4.52. The fourth-order valence-electron chi connectivity index (χ4n) is 3.05. The number of carbonyl (C=O) groups excluding carboxylic acids is 4. The van der Waals surface area contributed by atoms with E-state index in [2.05, 4.69) is 4.74 Å². The molecule has 1 aromatic rings. The Hall–Kier alpha value is -2.26. The minimum absolute atomic E-state index is 0.0927. The summed E-state index contributed by atoms with van der Waals surface area (Å²) in [4.78, 5) is 50.3. The van der Waals surface area contributed by atoms with Crippen LogP contribution in [0.1, 0.15) is 43.9 Å². The minimum atomic E-state index is -0.875. The maximum absolute atomic E-state index is 14.7. The van der Waals surface area contributed by atoms with Crippen molar-refractivity contribution in [2.45, 2.75) is 45.4 Å². The molecular weight excluding hydrogens is 425 g/mol. The molecule has 2 rings (SSSR count). The molecule has 1 aliphatic rings. The monoisotopic (exact) mass is 445 g/mol. The summed E-state index contributed by atoms with van der Waals surface area (Å²) < 4.78 is 24.1. The average Bonchev–Trinajstić information content (AvgIpc) is 3.00. The van der Waals surface area contributed by atoms with Crippen molar-refractivity contribution in [3.63, 3.8) is 0 Å². The van der Waals surface area contributed by atoms with Crippen LogP contribution in [0.15, 0.2) is 11.1 Å². The molecule has 7 nitrogen and oxygen atoms in total. The lowest BCUT2D eigenvalue weighted by Crippen LogP contribution is -2.39. The molecule has 2 amide bonds. The van der Waals surface area contributed by atoms with Crippen molar-refractivity contribution in [1.29, 1.82) is 0 Å². The summed E-state index contributed by atoms with van der Waals surface area (Å²) in [5, 5.41) is -1.08. The lowest BCUT2D eigenvalue weighted by Gasteiger charge is -2.25.